The van der Waals surface area contributed by atoms with Crippen LogP contribution in [0.4, 0.5) is 11.4 Å². The van der Waals surface area contributed by atoms with Crippen molar-refractivity contribution >= 4 is 46.3 Å². The van der Waals surface area contributed by atoms with Gasteiger partial charge >= 0.3 is 0 Å². The van der Waals surface area contributed by atoms with E-state index in [-0.39, 0.29) is 11.7 Å². The minimum absolute atomic E-state index is 0.0232. The molecule has 6 heteroatoms. The second kappa shape index (κ2) is 8.21. The second-order valence-corrected chi connectivity index (χ2v) is 8.22. The van der Waals surface area contributed by atoms with Crippen molar-refractivity contribution in [3.63, 3.8) is 0 Å². The quantitative estimate of drug-likeness (QED) is 0.623. The summed E-state index contributed by atoms with van der Waals surface area (Å²) in [7, 11) is 0. The van der Waals surface area contributed by atoms with Gasteiger partial charge in [0.1, 0.15) is 0 Å². The predicted octanol–water partition coefficient (Wildman–Crippen LogP) is 6.30. The van der Waals surface area contributed by atoms with Gasteiger partial charge in [-0.3, -0.25) is 14.5 Å². The zero-order valence-electron chi connectivity index (χ0n) is 16.2. The maximum absolute atomic E-state index is 13.3. The smallest absolute Gasteiger partial charge is 0.227 e. The Labute approximate surface area is 180 Å². The normalized spacial score (nSPS) is 18.7. The van der Waals surface area contributed by atoms with Crippen LogP contribution in [0.5, 0.6) is 0 Å². The zero-order valence-corrected chi connectivity index (χ0v) is 17.7. The summed E-state index contributed by atoms with van der Waals surface area (Å²) < 4.78 is 0. The highest BCUT2D eigenvalue weighted by atomic mass is 35.5. The molecule has 2 aromatic carbocycles. The summed E-state index contributed by atoms with van der Waals surface area (Å²) in [4.78, 5) is 28.2. The van der Waals surface area contributed by atoms with E-state index >= 15 is 0 Å². The van der Waals surface area contributed by atoms with Crippen LogP contribution in [0.2, 0.25) is 10.0 Å². The lowest BCUT2D eigenvalue weighted by atomic mass is 9.85. The number of amides is 1. The van der Waals surface area contributed by atoms with Crippen molar-refractivity contribution in [3.05, 3.63) is 69.3 Å². The summed E-state index contributed by atoms with van der Waals surface area (Å²) in [6.45, 7) is 1.98. The molecule has 4 rings (SSSR count). The van der Waals surface area contributed by atoms with Gasteiger partial charge in [0.2, 0.25) is 5.91 Å². The number of para-hydroxylation sites is 2. The highest BCUT2D eigenvalue weighted by molar-refractivity contribution is 6.42. The SMILES string of the molecule is CCCC(=O)N1c2ccccc2NC2=C(C(=O)CCC2)C1c1ccc(Cl)c(Cl)c1. The van der Waals surface area contributed by atoms with Crippen molar-refractivity contribution in [2.75, 3.05) is 10.2 Å². The van der Waals surface area contributed by atoms with Gasteiger partial charge in [0.15, 0.2) is 5.78 Å². The summed E-state index contributed by atoms with van der Waals surface area (Å²) in [5.74, 6) is 0.0434. The average Bonchev–Trinajstić information content (AvgIpc) is 2.85. The van der Waals surface area contributed by atoms with Gasteiger partial charge in [-0.15, -0.1) is 0 Å². The number of carbonyl (C=O) groups excluding carboxylic acids is 2. The Morgan fingerprint density at radius 2 is 1.93 bits per heavy atom. The molecule has 1 N–H and O–H groups in total. The summed E-state index contributed by atoms with van der Waals surface area (Å²) in [5, 5.41) is 4.30. The monoisotopic (exact) mass is 428 g/mol. The molecule has 2 aliphatic rings. The van der Waals surface area contributed by atoms with Crippen molar-refractivity contribution in [1.29, 1.82) is 0 Å². The fraction of sp³-hybridized carbons (Fsp3) is 0.304. The number of ketones is 1. The average molecular weight is 429 g/mol. The van der Waals surface area contributed by atoms with Gasteiger partial charge < -0.3 is 5.32 Å². The van der Waals surface area contributed by atoms with Gasteiger partial charge in [-0.05, 0) is 49.1 Å². The van der Waals surface area contributed by atoms with Crippen LogP contribution in [0.15, 0.2) is 53.7 Å². The van der Waals surface area contributed by atoms with E-state index in [0.29, 0.717) is 28.5 Å². The van der Waals surface area contributed by atoms with Gasteiger partial charge in [0, 0.05) is 24.1 Å². The van der Waals surface area contributed by atoms with Crippen LogP contribution in [0.3, 0.4) is 0 Å². The fourth-order valence-corrected chi connectivity index (χ4v) is 4.45. The van der Waals surface area contributed by atoms with Crippen LogP contribution in [-0.4, -0.2) is 11.7 Å². The zero-order chi connectivity index (χ0) is 20.5. The molecule has 0 saturated heterocycles. The number of allylic oxidation sites excluding steroid dienone is 1. The lowest BCUT2D eigenvalue weighted by Gasteiger charge is -2.34. The Kier molecular flexibility index (Phi) is 5.66. The van der Waals surface area contributed by atoms with Crippen molar-refractivity contribution in [1.82, 2.24) is 0 Å². The van der Waals surface area contributed by atoms with Crippen LogP contribution >= 0.6 is 23.2 Å². The molecule has 0 fully saturated rings. The first-order chi connectivity index (χ1) is 14.0. The highest BCUT2D eigenvalue weighted by Crippen LogP contribution is 2.45. The molecule has 1 heterocycles. The molecule has 0 bridgehead atoms. The first-order valence-corrected chi connectivity index (χ1v) is 10.7. The van der Waals surface area contributed by atoms with Crippen LogP contribution < -0.4 is 10.2 Å². The van der Waals surface area contributed by atoms with Gasteiger partial charge in [-0.2, -0.15) is 0 Å². The van der Waals surface area contributed by atoms with Gasteiger partial charge in [0.25, 0.3) is 0 Å². The Morgan fingerprint density at radius 1 is 1.14 bits per heavy atom. The molecule has 0 saturated carbocycles. The lowest BCUT2D eigenvalue weighted by molar-refractivity contribution is -0.119. The van der Waals surface area contributed by atoms with E-state index in [1.54, 1.807) is 17.0 Å². The highest BCUT2D eigenvalue weighted by Gasteiger charge is 2.39. The number of rotatable bonds is 3. The molecule has 1 atom stereocenters. The summed E-state index contributed by atoms with van der Waals surface area (Å²) in [5.41, 5.74) is 3.92. The number of hydrogen-bond donors (Lipinski definition) is 1. The number of halogens is 2. The molecule has 0 radical (unpaired) electrons. The number of nitrogens with one attached hydrogen (secondary N) is 1. The third-order valence-electron chi connectivity index (χ3n) is 5.43. The van der Waals surface area contributed by atoms with Gasteiger partial charge in [-0.25, -0.2) is 0 Å². The lowest BCUT2D eigenvalue weighted by Crippen LogP contribution is -2.37. The van der Waals surface area contributed by atoms with Crippen LogP contribution in [0, 0.1) is 0 Å². The van der Waals surface area contributed by atoms with E-state index in [2.05, 4.69) is 5.32 Å². The maximum atomic E-state index is 13.3. The third kappa shape index (κ3) is 3.67. The number of benzene rings is 2. The molecule has 150 valence electrons. The number of nitrogens with zero attached hydrogens (tertiary/aromatic N) is 1. The third-order valence-corrected chi connectivity index (χ3v) is 6.17. The standard InChI is InChI=1S/C23H22Cl2N2O2/c1-2-6-21(29)27-19-9-4-3-7-17(19)26-18-8-5-10-20(28)22(18)23(27)14-11-12-15(24)16(25)13-14/h3-4,7,9,11-13,23,26H,2,5-6,8,10H2,1H3. The van der Waals surface area contributed by atoms with Crippen LogP contribution in [0.1, 0.15) is 50.6 Å². The van der Waals surface area contributed by atoms with E-state index in [1.165, 1.54) is 0 Å². The number of anilines is 2. The molecule has 2 aromatic rings. The summed E-state index contributed by atoms with van der Waals surface area (Å²) in [6.07, 6.45) is 3.15. The maximum Gasteiger partial charge on any atom is 0.227 e. The Morgan fingerprint density at radius 3 is 2.69 bits per heavy atom. The Hall–Kier alpha value is -2.30. The molecule has 4 nitrogen and oxygen atoms in total. The first kappa shape index (κ1) is 20.0. The molecular formula is C23H22Cl2N2O2. The van der Waals surface area contributed by atoms with Crippen molar-refractivity contribution < 1.29 is 9.59 Å². The van der Waals surface area contributed by atoms with Gasteiger partial charge in [-0.1, -0.05) is 48.3 Å². The predicted molar refractivity (Wildman–Crippen MR) is 118 cm³/mol. The van der Waals surface area contributed by atoms with E-state index in [1.807, 2.05) is 37.3 Å². The van der Waals surface area contributed by atoms with Crippen LogP contribution in [-0.2, 0) is 9.59 Å². The number of fused-ring (bicyclic) bond motifs is 1. The molecule has 29 heavy (non-hydrogen) atoms. The molecule has 1 aliphatic carbocycles. The van der Waals surface area contributed by atoms with Crippen molar-refractivity contribution in [2.45, 2.75) is 45.1 Å². The Bertz CT molecular complexity index is 1020. The molecule has 1 unspecified atom stereocenters. The van der Waals surface area contributed by atoms with E-state index < -0.39 is 6.04 Å². The van der Waals surface area contributed by atoms with Gasteiger partial charge in [0.05, 0.1) is 27.5 Å². The van der Waals surface area contributed by atoms with E-state index in [0.717, 1.165) is 41.9 Å². The first-order valence-electron chi connectivity index (χ1n) is 9.90. The molecule has 0 aromatic heterocycles. The number of Topliss-reactive ketones (excluding diaryl/α,β-unsaturated/α-hetero) is 1. The fourth-order valence-electron chi connectivity index (χ4n) is 4.14. The minimum atomic E-state index is -0.539. The second-order valence-electron chi connectivity index (χ2n) is 7.40. The number of hydrogen-bond acceptors (Lipinski definition) is 3. The van der Waals surface area contributed by atoms with Crippen molar-refractivity contribution in [2.24, 2.45) is 0 Å². The molecule has 0 spiro atoms. The number of carbonyl (C=O) groups is 2. The largest absolute Gasteiger partial charge is 0.357 e. The molecule has 1 amide bonds. The summed E-state index contributed by atoms with van der Waals surface area (Å²) >= 11 is 12.5. The van der Waals surface area contributed by atoms with Crippen LogP contribution in [0.25, 0.3) is 0 Å². The molecular weight excluding hydrogens is 407 g/mol. The topological polar surface area (TPSA) is 49.4 Å². The Balaban J connectivity index is 1.99. The molecule has 1 aliphatic heterocycles. The van der Waals surface area contributed by atoms with E-state index in [9.17, 15) is 9.59 Å². The van der Waals surface area contributed by atoms with E-state index in [4.69, 9.17) is 23.2 Å². The van der Waals surface area contributed by atoms with Crippen molar-refractivity contribution in [3.8, 4) is 0 Å². The summed E-state index contributed by atoms with van der Waals surface area (Å²) in [6, 6.07) is 12.5. The minimum Gasteiger partial charge on any atom is -0.357 e.